The van der Waals surface area contributed by atoms with Crippen LogP contribution in [0.4, 0.5) is 4.39 Å². The van der Waals surface area contributed by atoms with E-state index in [-0.39, 0.29) is 5.82 Å². The van der Waals surface area contributed by atoms with E-state index < -0.39 is 5.54 Å². The molecule has 1 aliphatic carbocycles. The van der Waals surface area contributed by atoms with E-state index in [1.54, 1.807) is 0 Å². The molecule has 2 N–H and O–H groups in total. The summed E-state index contributed by atoms with van der Waals surface area (Å²) in [4.78, 5) is 0. The predicted molar refractivity (Wildman–Crippen MR) is 66.9 cm³/mol. The summed E-state index contributed by atoms with van der Waals surface area (Å²) in [5.41, 5.74) is 6.42. The fourth-order valence-electron chi connectivity index (χ4n) is 2.19. The molecule has 0 atom stereocenters. The molecule has 0 unspecified atom stereocenters. The van der Waals surface area contributed by atoms with Crippen LogP contribution in [0.15, 0.2) is 10.5 Å². The Bertz CT molecular complexity index is 447. The van der Waals surface area contributed by atoms with Gasteiger partial charge in [0.15, 0.2) is 11.5 Å². The van der Waals surface area contributed by atoms with Crippen LogP contribution in [0.3, 0.4) is 0 Å². The molecule has 1 aliphatic rings. The summed E-state index contributed by atoms with van der Waals surface area (Å²) in [6.07, 6.45) is 2.70. The second-order valence-corrected chi connectivity index (χ2v) is 5.09. The Morgan fingerprint density at radius 1 is 1.35 bits per heavy atom. The van der Waals surface area contributed by atoms with Gasteiger partial charge in [-0.15, -0.1) is 0 Å². The highest BCUT2D eigenvalue weighted by atomic mass is 79.9. The van der Waals surface area contributed by atoms with Crippen LogP contribution in [0, 0.1) is 5.82 Å². The molecular formula is C12H15BrFNO2. The number of hydrogen-bond donors (Lipinski definition) is 1. The maximum absolute atomic E-state index is 13.8. The zero-order chi connectivity index (χ0) is 12.6. The van der Waals surface area contributed by atoms with Crippen LogP contribution in [-0.4, -0.2) is 14.2 Å². The van der Waals surface area contributed by atoms with Crippen LogP contribution in [0.1, 0.15) is 24.8 Å². The molecule has 0 amide bonds. The minimum atomic E-state index is -0.514. The molecule has 5 heteroatoms. The highest BCUT2D eigenvalue weighted by molar-refractivity contribution is 9.10. The van der Waals surface area contributed by atoms with Crippen molar-refractivity contribution in [3.05, 3.63) is 21.9 Å². The van der Waals surface area contributed by atoms with Crippen molar-refractivity contribution in [3.8, 4) is 11.5 Å². The number of nitrogens with two attached hydrogens (primary N) is 1. The standard InChI is InChI=1S/C12H15BrFNO2/c1-16-8-6-7(14)10(13)9(11(8)17-2)12(15)4-3-5-12/h6H,3-5,15H2,1-2H3. The number of benzene rings is 1. The molecule has 0 radical (unpaired) electrons. The number of methoxy groups -OCH3 is 2. The third-order valence-electron chi connectivity index (χ3n) is 3.31. The number of ether oxygens (including phenoxy) is 2. The molecule has 17 heavy (non-hydrogen) atoms. The van der Waals surface area contributed by atoms with Crippen LogP contribution in [0.25, 0.3) is 0 Å². The molecule has 1 aromatic carbocycles. The first kappa shape index (κ1) is 12.6. The Hall–Kier alpha value is -0.810. The van der Waals surface area contributed by atoms with Gasteiger partial charge in [-0.3, -0.25) is 0 Å². The van der Waals surface area contributed by atoms with Gasteiger partial charge in [0.05, 0.1) is 18.7 Å². The average Bonchev–Trinajstić information content (AvgIpc) is 2.28. The van der Waals surface area contributed by atoms with Gasteiger partial charge in [0, 0.05) is 17.2 Å². The van der Waals surface area contributed by atoms with Gasteiger partial charge in [-0.1, -0.05) is 0 Å². The number of halogens is 2. The Labute approximate surface area is 108 Å². The van der Waals surface area contributed by atoms with E-state index in [9.17, 15) is 4.39 Å². The smallest absolute Gasteiger partial charge is 0.167 e. The summed E-state index contributed by atoms with van der Waals surface area (Å²) in [7, 11) is 3.02. The molecule has 94 valence electrons. The molecule has 0 bridgehead atoms. The van der Waals surface area contributed by atoms with Crippen LogP contribution >= 0.6 is 15.9 Å². The molecule has 3 nitrogen and oxygen atoms in total. The average molecular weight is 304 g/mol. The van der Waals surface area contributed by atoms with E-state index >= 15 is 0 Å². The van der Waals surface area contributed by atoms with E-state index in [2.05, 4.69) is 15.9 Å². The van der Waals surface area contributed by atoms with Gasteiger partial charge < -0.3 is 15.2 Å². The maximum atomic E-state index is 13.8. The first-order valence-electron chi connectivity index (χ1n) is 5.43. The van der Waals surface area contributed by atoms with E-state index in [4.69, 9.17) is 15.2 Å². The van der Waals surface area contributed by atoms with Gasteiger partial charge in [0.1, 0.15) is 5.82 Å². The number of hydrogen-bond acceptors (Lipinski definition) is 3. The van der Waals surface area contributed by atoms with Crippen molar-refractivity contribution in [3.63, 3.8) is 0 Å². The normalized spacial score (nSPS) is 17.5. The molecule has 0 aliphatic heterocycles. The van der Waals surface area contributed by atoms with Crippen molar-refractivity contribution >= 4 is 15.9 Å². The van der Waals surface area contributed by atoms with Gasteiger partial charge in [0.25, 0.3) is 0 Å². The molecule has 0 heterocycles. The van der Waals surface area contributed by atoms with Crippen LogP contribution in [0.2, 0.25) is 0 Å². The van der Waals surface area contributed by atoms with Gasteiger partial charge in [-0.25, -0.2) is 4.39 Å². The molecule has 1 fully saturated rings. The monoisotopic (exact) mass is 303 g/mol. The fourth-order valence-corrected chi connectivity index (χ4v) is 2.88. The Morgan fingerprint density at radius 3 is 2.41 bits per heavy atom. The lowest BCUT2D eigenvalue weighted by molar-refractivity contribution is 0.237. The highest BCUT2D eigenvalue weighted by Gasteiger charge is 2.40. The lowest BCUT2D eigenvalue weighted by Crippen LogP contribution is -2.44. The molecule has 0 saturated heterocycles. The second-order valence-electron chi connectivity index (χ2n) is 4.29. The Balaban J connectivity index is 2.65. The summed E-state index contributed by atoms with van der Waals surface area (Å²) in [6, 6.07) is 1.30. The van der Waals surface area contributed by atoms with E-state index in [0.29, 0.717) is 21.5 Å². The summed E-state index contributed by atoms with van der Waals surface area (Å²) < 4.78 is 24.6. The molecule has 1 aromatic rings. The van der Waals surface area contributed by atoms with Crippen molar-refractivity contribution in [1.82, 2.24) is 0 Å². The van der Waals surface area contributed by atoms with E-state index in [1.165, 1.54) is 20.3 Å². The van der Waals surface area contributed by atoms with Crippen molar-refractivity contribution in [2.45, 2.75) is 24.8 Å². The summed E-state index contributed by atoms with van der Waals surface area (Å²) in [6.45, 7) is 0. The van der Waals surface area contributed by atoms with Gasteiger partial charge in [-0.2, -0.15) is 0 Å². The van der Waals surface area contributed by atoms with Crippen molar-refractivity contribution in [2.24, 2.45) is 5.73 Å². The molecule has 0 aromatic heterocycles. The minimum Gasteiger partial charge on any atom is -0.493 e. The third kappa shape index (κ3) is 1.91. The minimum absolute atomic E-state index is 0.373. The second kappa shape index (κ2) is 4.46. The lowest BCUT2D eigenvalue weighted by Gasteiger charge is -2.40. The SMILES string of the molecule is COc1cc(F)c(Br)c(C2(N)CCC2)c1OC. The number of rotatable bonds is 3. The zero-order valence-corrected chi connectivity index (χ0v) is 11.4. The zero-order valence-electron chi connectivity index (χ0n) is 9.85. The van der Waals surface area contributed by atoms with Gasteiger partial charge in [0.2, 0.25) is 0 Å². The topological polar surface area (TPSA) is 44.5 Å². The van der Waals surface area contributed by atoms with Crippen molar-refractivity contribution < 1.29 is 13.9 Å². The Morgan fingerprint density at radius 2 is 2.00 bits per heavy atom. The van der Waals surface area contributed by atoms with Crippen LogP contribution < -0.4 is 15.2 Å². The van der Waals surface area contributed by atoms with Gasteiger partial charge >= 0.3 is 0 Å². The van der Waals surface area contributed by atoms with E-state index in [1.807, 2.05) is 0 Å². The molecule has 1 saturated carbocycles. The molecule has 0 spiro atoms. The summed E-state index contributed by atoms with van der Waals surface area (Å²) in [5, 5.41) is 0. The summed E-state index contributed by atoms with van der Waals surface area (Å²) >= 11 is 3.26. The molecule has 2 rings (SSSR count). The highest BCUT2D eigenvalue weighted by Crippen LogP contribution is 2.49. The van der Waals surface area contributed by atoms with Crippen LogP contribution in [-0.2, 0) is 5.54 Å². The van der Waals surface area contributed by atoms with Gasteiger partial charge in [-0.05, 0) is 35.2 Å². The first-order valence-corrected chi connectivity index (χ1v) is 6.22. The van der Waals surface area contributed by atoms with Crippen LogP contribution in [0.5, 0.6) is 11.5 Å². The Kier molecular flexibility index (Phi) is 3.32. The maximum Gasteiger partial charge on any atom is 0.167 e. The summed E-state index contributed by atoms with van der Waals surface area (Å²) in [5.74, 6) is 0.511. The first-order chi connectivity index (χ1) is 8.03. The van der Waals surface area contributed by atoms with Crippen molar-refractivity contribution in [2.75, 3.05) is 14.2 Å². The lowest BCUT2D eigenvalue weighted by atomic mass is 9.72. The fraction of sp³-hybridized carbons (Fsp3) is 0.500. The van der Waals surface area contributed by atoms with E-state index in [0.717, 1.165) is 19.3 Å². The third-order valence-corrected chi connectivity index (χ3v) is 4.08. The quantitative estimate of drug-likeness (QED) is 0.934. The predicted octanol–water partition coefficient (Wildman–Crippen LogP) is 2.94. The largest absolute Gasteiger partial charge is 0.493 e. The van der Waals surface area contributed by atoms with Crippen molar-refractivity contribution in [1.29, 1.82) is 0 Å². The molecular weight excluding hydrogens is 289 g/mol.